The lowest BCUT2D eigenvalue weighted by molar-refractivity contribution is 0.295. The van der Waals surface area contributed by atoms with E-state index < -0.39 is 0 Å². The van der Waals surface area contributed by atoms with E-state index in [2.05, 4.69) is 42.6 Å². The molecule has 1 unspecified atom stereocenters. The molecule has 0 aliphatic rings. The Morgan fingerprint density at radius 3 is 2.29 bits per heavy atom. The Bertz CT molecular complexity index is 483. The molecule has 0 aliphatic heterocycles. The smallest absolute Gasteiger partial charge is 0.119 e. The molecule has 0 radical (unpaired) electrons. The summed E-state index contributed by atoms with van der Waals surface area (Å²) < 4.78 is 5.84. The Labute approximate surface area is 128 Å². The van der Waals surface area contributed by atoms with Crippen LogP contribution in [-0.4, -0.2) is 19.7 Å². The minimum atomic E-state index is 0.501. The molecule has 0 saturated carbocycles. The first-order valence-corrected chi connectivity index (χ1v) is 7.83. The molecule has 0 saturated heterocycles. The molecule has 0 spiro atoms. The fraction of sp³-hybridized carbons (Fsp3) is 0.368. The van der Waals surface area contributed by atoms with Crippen LogP contribution in [0.25, 0.3) is 0 Å². The highest BCUT2D eigenvalue weighted by Crippen LogP contribution is 2.19. The van der Waals surface area contributed by atoms with Gasteiger partial charge in [-0.15, -0.1) is 0 Å². The van der Waals surface area contributed by atoms with Crippen LogP contribution in [0, 0.1) is 0 Å². The molecule has 2 aromatic carbocycles. The number of benzene rings is 2. The summed E-state index contributed by atoms with van der Waals surface area (Å²) >= 11 is 0. The van der Waals surface area contributed by atoms with E-state index in [1.807, 2.05) is 30.3 Å². The van der Waals surface area contributed by atoms with Gasteiger partial charge in [-0.25, -0.2) is 0 Å². The van der Waals surface area contributed by atoms with E-state index >= 15 is 0 Å². The van der Waals surface area contributed by atoms with Crippen molar-refractivity contribution >= 4 is 0 Å². The Morgan fingerprint density at radius 2 is 1.62 bits per heavy atom. The zero-order valence-electron chi connectivity index (χ0n) is 12.8. The van der Waals surface area contributed by atoms with Crippen LogP contribution >= 0.6 is 0 Å². The van der Waals surface area contributed by atoms with E-state index in [-0.39, 0.29) is 0 Å². The molecule has 0 fully saturated rings. The van der Waals surface area contributed by atoms with Gasteiger partial charge in [0.15, 0.2) is 0 Å². The van der Waals surface area contributed by atoms with Crippen LogP contribution in [0.4, 0.5) is 0 Å². The van der Waals surface area contributed by atoms with E-state index in [0.717, 1.165) is 31.9 Å². The Hall–Kier alpha value is -1.80. The highest BCUT2D eigenvalue weighted by molar-refractivity contribution is 5.22. The van der Waals surface area contributed by atoms with Gasteiger partial charge >= 0.3 is 0 Å². The number of rotatable bonds is 9. The zero-order valence-corrected chi connectivity index (χ0v) is 12.8. The topological polar surface area (TPSA) is 21.3 Å². The summed E-state index contributed by atoms with van der Waals surface area (Å²) in [5.74, 6) is 1.45. The summed E-state index contributed by atoms with van der Waals surface area (Å²) in [5.41, 5.74) is 1.39. The van der Waals surface area contributed by atoms with Gasteiger partial charge < -0.3 is 10.1 Å². The average Bonchev–Trinajstić information content (AvgIpc) is 2.55. The molecule has 2 heteroatoms. The predicted molar refractivity (Wildman–Crippen MR) is 88.9 cm³/mol. The molecule has 1 N–H and O–H groups in total. The van der Waals surface area contributed by atoms with Crippen molar-refractivity contribution in [3.8, 4) is 5.75 Å². The van der Waals surface area contributed by atoms with Crippen LogP contribution in [-0.2, 0) is 0 Å². The maximum absolute atomic E-state index is 5.84. The monoisotopic (exact) mass is 283 g/mol. The third-order valence-corrected chi connectivity index (χ3v) is 3.57. The first-order valence-electron chi connectivity index (χ1n) is 7.83. The Morgan fingerprint density at radius 1 is 0.952 bits per heavy atom. The van der Waals surface area contributed by atoms with Gasteiger partial charge in [-0.05, 0) is 43.0 Å². The van der Waals surface area contributed by atoms with Gasteiger partial charge in [0.1, 0.15) is 5.75 Å². The molecule has 112 valence electrons. The second-order valence-electron chi connectivity index (χ2n) is 5.26. The maximum atomic E-state index is 5.84. The standard InChI is InChI=1S/C19H25NO/c1-2-14-20-16-18(17-9-5-3-6-10-17)13-15-21-19-11-7-4-8-12-19/h3-12,18,20H,2,13-16H2,1H3. The van der Waals surface area contributed by atoms with E-state index in [4.69, 9.17) is 4.74 Å². The van der Waals surface area contributed by atoms with Crippen molar-refractivity contribution in [2.45, 2.75) is 25.7 Å². The van der Waals surface area contributed by atoms with Crippen molar-refractivity contribution in [2.24, 2.45) is 0 Å². The molecule has 21 heavy (non-hydrogen) atoms. The average molecular weight is 283 g/mol. The fourth-order valence-electron chi connectivity index (χ4n) is 2.40. The van der Waals surface area contributed by atoms with Gasteiger partial charge in [-0.2, -0.15) is 0 Å². The van der Waals surface area contributed by atoms with Crippen molar-refractivity contribution in [3.63, 3.8) is 0 Å². The number of hydrogen-bond donors (Lipinski definition) is 1. The highest BCUT2D eigenvalue weighted by atomic mass is 16.5. The first kappa shape index (κ1) is 15.6. The summed E-state index contributed by atoms with van der Waals surface area (Å²) in [7, 11) is 0. The Balaban J connectivity index is 1.86. The van der Waals surface area contributed by atoms with Crippen LogP contribution in [0.3, 0.4) is 0 Å². The lowest BCUT2D eigenvalue weighted by Crippen LogP contribution is -2.23. The molecular weight excluding hydrogens is 258 g/mol. The van der Waals surface area contributed by atoms with E-state index in [1.54, 1.807) is 0 Å². The van der Waals surface area contributed by atoms with Crippen molar-refractivity contribution in [2.75, 3.05) is 19.7 Å². The van der Waals surface area contributed by atoms with Crippen LogP contribution in [0.15, 0.2) is 60.7 Å². The Kier molecular flexibility index (Phi) is 6.82. The summed E-state index contributed by atoms with van der Waals surface area (Å²) in [6.07, 6.45) is 2.19. The summed E-state index contributed by atoms with van der Waals surface area (Å²) in [6, 6.07) is 20.7. The van der Waals surface area contributed by atoms with E-state index in [0.29, 0.717) is 5.92 Å². The highest BCUT2D eigenvalue weighted by Gasteiger charge is 2.11. The normalized spacial score (nSPS) is 12.0. The third-order valence-electron chi connectivity index (χ3n) is 3.57. The van der Waals surface area contributed by atoms with Gasteiger partial charge in [0, 0.05) is 6.54 Å². The van der Waals surface area contributed by atoms with Crippen LogP contribution in [0.5, 0.6) is 5.75 Å². The van der Waals surface area contributed by atoms with Crippen molar-refractivity contribution in [3.05, 3.63) is 66.2 Å². The van der Waals surface area contributed by atoms with Crippen molar-refractivity contribution in [1.82, 2.24) is 5.32 Å². The van der Waals surface area contributed by atoms with Crippen LogP contribution in [0.2, 0.25) is 0 Å². The van der Waals surface area contributed by atoms with Crippen molar-refractivity contribution in [1.29, 1.82) is 0 Å². The van der Waals surface area contributed by atoms with Gasteiger partial charge in [0.2, 0.25) is 0 Å². The molecule has 0 amide bonds. The lowest BCUT2D eigenvalue weighted by Gasteiger charge is -2.18. The molecular formula is C19H25NO. The molecule has 0 heterocycles. The number of hydrogen-bond acceptors (Lipinski definition) is 2. The molecule has 0 aliphatic carbocycles. The second kappa shape index (κ2) is 9.19. The summed E-state index contributed by atoms with van der Waals surface area (Å²) in [5, 5.41) is 3.53. The molecule has 2 aromatic rings. The van der Waals surface area contributed by atoms with Gasteiger partial charge in [0.25, 0.3) is 0 Å². The van der Waals surface area contributed by atoms with E-state index in [9.17, 15) is 0 Å². The van der Waals surface area contributed by atoms with Gasteiger partial charge in [0.05, 0.1) is 6.61 Å². The van der Waals surface area contributed by atoms with Gasteiger partial charge in [-0.3, -0.25) is 0 Å². The zero-order chi connectivity index (χ0) is 14.8. The molecule has 0 bridgehead atoms. The third kappa shape index (κ3) is 5.60. The van der Waals surface area contributed by atoms with E-state index in [1.165, 1.54) is 12.0 Å². The molecule has 2 nitrogen and oxygen atoms in total. The van der Waals surface area contributed by atoms with Crippen molar-refractivity contribution < 1.29 is 4.74 Å². The molecule has 1 atom stereocenters. The van der Waals surface area contributed by atoms with Crippen LogP contribution in [0.1, 0.15) is 31.2 Å². The van der Waals surface area contributed by atoms with Crippen LogP contribution < -0.4 is 10.1 Å². The molecule has 0 aromatic heterocycles. The SMILES string of the molecule is CCCNCC(CCOc1ccccc1)c1ccccc1. The minimum Gasteiger partial charge on any atom is -0.494 e. The largest absolute Gasteiger partial charge is 0.494 e. The second-order valence-corrected chi connectivity index (χ2v) is 5.26. The fourth-order valence-corrected chi connectivity index (χ4v) is 2.40. The number of ether oxygens (including phenoxy) is 1. The lowest BCUT2D eigenvalue weighted by atomic mass is 9.96. The maximum Gasteiger partial charge on any atom is 0.119 e. The summed E-state index contributed by atoms with van der Waals surface area (Å²) in [6.45, 7) is 5.03. The first-order chi connectivity index (χ1) is 10.4. The number of nitrogens with one attached hydrogen (secondary N) is 1. The molecule has 2 rings (SSSR count). The minimum absolute atomic E-state index is 0.501. The number of para-hydroxylation sites is 1. The predicted octanol–water partition coefficient (Wildman–Crippen LogP) is 4.24. The quantitative estimate of drug-likeness (QED) is 0.695. The van der Waals surface area contributed by atoms with Gasteiger partial charge in [-0.1, -0.05) is 55.5 Å². The summed E-state index contributed by atoms with van der Waals surface area (Å²) in [4.78, 5) is 0.